The molecule has 30 heavy (non-hydrogen) atoms. The van der Waals surface area contributed by atoms with E-state index in [2.05, 4.69) is 5.32 Å². The summed E-state index contributed by atoms with van der Waals surface area (Å²) in [6.45, 7) is 3.97. The number of halogens is 2. The molecule has 3 rings (SSSR count). The normalized spacial score (nSPS) is 16.3. The molecule has 160 valence electrons. The second-order valence-electron chi connectivity index (χ2n) is 6.88. The van der Waals surface area contributed by atoms with E-state index >= 15 is 0 Å². The van der Waals surface area contributed by atoms with E-state index in [0.29, 0.717) is 23.8 Å². The van der Waals surface area contributed by atoms with Gasteiger partial charge in [-0.25, -0.2) is 9.18 Å². The zero-order valence-electron chi connectivity index (χ0n) is 16.6. The molecule has 0 aliphatic carbocycles. The maximum Gasteiger partial charge on any atom is 0.415 e. The Morgan fingerprint density at radius 2 is 2.00 bits per heavy atom. The van der Waals surface area contributed by atoms with E-state index in [4.69, 9.17) is 21.1 Å². The number of para-hydroxylation sites is 1. The fourth-order valence-electron chi connectivity index (χ4n) is 2.87. The first-order valence-electron chi connectivity index (χ1n) is 9.43. The van der Waals surface area contributed by atoms with Gasteiger partial charge >= 0.3 is 6.09 Å². The zero-order chi connectivity index (χ0) is 21.7. The highest BCUT2D eigenvalue weighted by molar-refractivity contribution is 7.99. The number of amides is 2. The minimum atomic E-state index is -0.801. The van der Waals surface area contributed by atoms with Gasteiger partial charge in [-0.05, 0) is 32.0 Å². The van der Waals surface area contributed by atoms with Crippen molar-refractivity contribution in [1.29, 1.82) is 0 Å². The monoisotopic (exact) mass is 452 g/mol. The van der Waals surface area contributed by atoms with Crippen molar-refractivity contribution in [3.8, 4) is 11.5 Å². The Balaban J connectivity index is 1.75. The molecule has 1 saturated heterocycles. The van der Waals surface area contributed by atoms with Crippen molar-refractivity contribution in [3.63, 3.8) is 0 Å². The molecule has 2 aromatic rings. The van der Waals surface area contributed by atoms with Gasteiger partial charge in [0, 0.05) is 24.1 Å². The molecule has 2 amide bonds. The van der Waals surface area contributed by atoms with Gasteiger partial charge in [-0.3, -0.25) is 9.69 Å². The van der Waals surface area contributed by atoms with Crippen LogP contribution in [0, 0.1) is 5.82 Å². The van der Waals surface area contributed by atoms with Gasteiger partial charge in [-0.1, -0.05) is 29.8 Å². The molecule has 1 unspecified atom stereocenters. The number of benzene rings is 2. The Hall–Kier alpha value is -2.45. The Bertz CT molecular complexity index is 913. The number of thioether (sulfide) groups is 1. The van der Waals surface area contributed by atoms with Crippen molar-refractivity contribution >= 4 is 41.1 Å². The number of ether oxygens (including phenoxy) is 2. The summed E-state index contributed by atoms with van der Waals surface area (Å²) in [5.41, 5.74) is -0.0630. The molecule has 1 atom stereocenters. The van der Waals surface area contributed by atoms with Crippen LogP contribution in [0.15, 0.2) is 42.5 Å². The number of anilines is 1. The summed E-state index contributed by atoms with van der Waals surface area (Å²) in [4.78, 5) is 26.9. The van der Waals surface area contributed by atoms with Crippen molar-refractivity contribution < 1.29 is 23.5 Å². The lowest BCUT2D eigenvalue weighted by atomic mass is 10.2. The molecule has 6 nitrogen and oxygen atoms in total. The van der Waals surface area contributed by atoms with Crippen LogP contribution in [-0.2, 0) is 4.79 Å². The first-order valence-corrected chi connectivity index (χ1v) is 11.0. The summed E-state index contributed by atoms with van der Waals surface area (Å²) in [5, 5.41) is 2.67. The molecule has 1 aliphatic rings. The van der Waals surface area contributed by atoms with Crippen LogP contribution in [0.2, 0.25) is 5.02 Å². The van der Waals surface area contributed by atoms with Crippen LogP contribution in [0.25, 0.3) is 0 Å². The van der Waals surface area contributed by atoms with Crippen LogP contribution in [0.5, 0.6) is 11.5 Å². The van der Waals surface area contributed by atoms with E-state index in [0.717, 1.165) is 6.07 Å². The Morgan fingerprint density at radius 3 is 2.70 bits per heavy atom. The summed E-state index contributed by atoms with van der Waals surface area (Å²) in [6, 6.07) is 10.3. The maximum absolute atomic E-state index is 14.4. The molecule has 0 radical (unpaired) electrons. The van der Waals surface area contributed by atoms with Crippen molar-refractivity contribution in [2.75, 3.05) is 23.4 Å². The highest BCUT2D eigenvalue weighted by Gasteiger charge is 2.34. The number of nitrogens with zero attached hydrogens (tertiary/aromatic N) is 1. The third kappa shape index (κ3) is 5.58. The fourth-order valence-corrected chi connectivity index (χ4v) is 4.11. The highest BCUT2D eigenvalue weighted by atomic mass is 35.5. The zero-order valence-corrected chi connectivity index (χ0v) is 18.1. The standard InChI is InChI=1S/C21H22ClFN2O4S/c1-13(2)28-19-11-17(16(23)10-15(19)22)24-20(26)18-12-30-9-8-25(18)21(27)29-14-6-4-3-5-7-14/h3-7,10-11,13,18H,8-9,12H2,1-2H3,(H,24,26). The van der Waals surface area contributed by atoms with Crippen LogP contribution in [0.4, 0.5) is 14.9 Å². The summed E-state index contributed by atoms with van der Waals surface area (Å²) < 4.78 is 25.3. The van der Waals surface area contributed by atoms with Crippen LogP contribution < -0.4 is 14.8 Å². The minimum absolute atomic E-state index is 0.0630. The topological polar surface area (TPSA) is 67.9 Å². The number of carbonyl (C=O) groups excluding carboxylic acids is 2. The van der Waals surface area contributed by atoms with Crippen LogP contribution in [0.3, 0.4) is 0 Å². The lowest BCUT2D eigenvalue weighted by Gasteiger charge is -2.33. The van der Waals surface area contributed by atoms with Gasteiger partial charge in [0.15, 0.2) is 0 Å². The summed E-state index contributed by atoms with van der Waals surface area (Å²) in [5.74, 6) is 0.506. The number of rotatable bonds is 5. The third-order valence-electron chi connectivity index (χ3n) is 4.26. The van der Waals surface area contributed by atoms with Gasteiger partial charge in [0.25, 0.3) is 0 Å². The van der Waals surface area contributed by atoms with E-state index in [9.17, 15) is 14.0 Å². The third-order valence-corrected chi connectivity index (χ3v) is 5.57. The fraction of sp³-hybridized carbons (Fsp3) is 0.333. The van der Waals surface area contributed by atoms with Crippen LogP contribution in [0.1, 0.15) is 13.8 Å². The molecular formula is C21H22ClFN2O4S. The summed E-state index contributed by atoms with van der Waals surface area (Å²) in [7, 11) is 0. The Labute approximate surface area is 183 Å². The Kier molecular flexibility index (Phi) is 7.44. The molecule has 2 aromatic carbocycles. The van der Waals surface area contributed by atoms with E-state index in [1.165, 1.54) is 22.7 Å². The molecule has 9 heteroatoms. The van der Waals surface area contributed by atoms with Crippen LogP contribution >= 0.6 is 23.4 Å². The number of hydrogen-bond donors (Lipinski definition) is 1. The summed E-state index contributed by atoms with van der Waals surface area (Å²) >= 11 is 7.56. The molecule has 0 bridgehead atoms. The quantitative estimate of drug-likeness (QED) is 0.704. The average Bonchev–Trinajstić information content (AvgIpc) is 2.72. The number of nitrogens with one attached hydrogen (secondary N) is 1. The SMILES string of the molecule is CC(C)Oc1cc(NC(=O)C2CSCCN2C(=O)Oc2ccccc2)c(F)cc1Cl. The molecule has 1 fully saturated rings. The van der Waals surface area contributed by atoms with Gasteiger partial charge < -0.3 is 14.8 Å². The molecule has 0 aromatic heterocycles. The second kappa shape index (κ2) is 10.0. The van der Waals surface area contributed by atoms with E-state index in [-0.39, 0.29) is 22.6 Å². The maximum atomic E-state index is 14.4. The predicted octanol–water partition coefficient (Wildman–Crippen LogP) is 4.82. The number of carbonyl (C=O) groups is 2. The molecule has 0 spiro atoms. The predicted molar refractivity (Wildman–Crippen MR) is 116 cm³/mol. The first-order chi connectivity index (χ1) is 14.3. The minimum Gasteiger partial charge on any atom is -0.489 e. The molecule has 0 saturated carbocycles. The summed E-state index contributed by atoms with van der Waals surface area (Å²) in [6.07, 6.45) is -0.795. The highest BCUT2D eigenvalue weighted by Crippen LogP contribution is 2.32. The average molecular weight is 453 g/mol. The molecule has 1 N–H and O–H groups in total. The molecule has 1 aliphatic heterocycles. The van der Waals surface area contributed by atoms with E-state index < -0.39 is 23.9 Å². The Morgan fingerprint density at radius 1 is 1.27 bits per heavy atom. The lowest BCUT2D eigenvalue weighted by molar-refractivity contribution is -0.120. The van der Waals surface area contributed by atoms with Crippen molar-refractivity contribution in [3.05, 3.63) is 53.3 Å². The van der Waals surface area contributed by atoms with E-state index in [1.807, 2.05) is 19.9 Å². The second-order valence-corrected chi connectivity index (χ2v) is 8.44. The lowest BCUT2D eigenvalue weighted by Crippen LogP contribution is -2.53. The van der Waals surface area contributed by atoms with Crippen molar-refractivity contribution in [2.24, 2.45) is 0 Å². The van der Waals surface area contributed by atoms with Crippen LogP contribution in [-0.4, -0.2) is 47.1 Å². The molecular weight excluding hydrogens is 431 g/mol. The van der Waals surface area contributed by atoms with Crippen molar-refractivity contribution in [2.45, 2.75) is 26.0 Å². The van der Waals surface area contributed by atoms with Gasteiger partial charge in [0.2, 0.25) is 5.91 Å². The van der Waals surface area contributed by atoms with Gasteiger partial charge in [0.1, 0.15) is 23.4 Å². The van der Waals surface area contributed by atoms with Crippen molar-refractivity contribution in [1.82, 2.24) is 4.90 Å². The molecule has 1 heterocycles. The largest absolute Gasteiger partial charge is 0.489 e. The van der Waals surface area contributed by atoms with Gasteiger partial charge in [0.05, 0.1) is 16.8 Å². The van der Waals surface area contributed by atoms with Gasteiger partial charge in [-0.15, -0.1) is 0 Å². The smallest absolute Gasteiger partial charge is 0.415 e. The van der Waals surface area contributed by atoms with Gasteiger partial charge in [-0.2, -0.15) is 11.8 Å². The van der Waals surface area contributed by atoms with E-state index in [1.54, 1.807) is 24.3 Å². The first kappa shape index (κ1) is 22.2. The number of hydrogen-bond acceptors (Lipinski definition) is 5.